The van der Waals surface area contributed by atoms with E-state index in [0.29, 0.717) is 0 Å². The predicted octanol–water partition coefficient (Wildman–Crippen LogP) is 2.15. The Labute approximate surface area is 72.6 Å². The third-order valence-corrected chi connectivity index (χ3v) is 1.46. The van der Waals surface area contributed by atoms with Gasteiger partial charge in [0.25, 0.3) is 19.2 Å². The second-order valence-electron chi connectivity index (χ2n) is 2.42. The van der Waals surface area contributed by atoms with Crippen molar-refractivity contribution in [3.63, 3.8) is 0 Å². The van der Waals surface area contributed by atoms with Crippen molar-refractivity contribution in [2.45, 2.75) is 31.1 Å². The summed E-state index contributed by atoms with van der Waals surface area (Å²) in [5.41, 5.74) is 0. The van der Waals surface area contributed by atoms with Gasteiger partial charge in [0.15, 0.2) is 0 Å². The number of halogens is 7. The van der Waals surface area contributed by atoms with Crippen molar-refractivity contribution in [2.24, 2.45) is 0 Å². The van der Waals surface area contributed by atoms with Gasteiger partial charge in [-0.2, -0.15) is 8.78 Å². The molecule has 0 N–H and O–H groups in total. The van der Waals surface area contributed by atoms with E-state index in [9.17, 15) is 30.7 Å². The van der Waals surface area contributed by atoms with E-state index in [1.165, 1.54) is 0 Å². The topological polar surface area (TPSA) is 18.5 Å². The van der Waals surface area contributed by atoms with Crippen LogP contribution in [0.4, 0.5) is 30.7 Å². The van der Waals surface area contributed by atoms with Crippen LogP contribution in [0.2, 0.25) is 0 Å². The number of hydrogen-bond acceptors (Lipinski definition) is 2. The molecular weight excluding hydrogens is 225 g/mol. The summed E-state index contributed by atoms with van der Waals surface area (Å²) >= 11 is 0. The van der Waals surface area contributed by atoms with Gasteiger partial charge in [-0.05, 0) is 0 Å². The van der Waals surface area contributed by atoms with Crippen molar-refractivity contribution in [2.75, 3.05) is 0 Å². The van der Waals surface area contributed by atoms with E-state index in [4.69, 9.17) is 0 Å². The van der Waals surface area contributed by atoms with Gasteiger partial charge in [-0.1, -0.05) is 0 Å². The molecule has 2 nitrogen and oxygen atoms in total. The third-order valence-electron chi connectivity index (χ3n) is 1.46. The molecule has 1 fully saturated rings. The molecule has 0 aliphatic carbocycles. The summed E-state index contributed by atoms with van der Waals surface area (Å²) < 4.78 is 90.3. The van der Waals surface area contributed by atoms with E-state index in [2.05, 4.69) is 9.47 Å². The molecule has 1 saturated heterocycles. The molecule has 84 valence electrons. The van der Waals surface area contributed by atoms with Crippen molar-refractivity contribution in [3.8, 4) is 0 Å². The van der Waals surface area contributed by atoms with Crippen LogP contribution in [0.15, 0.2) is 0 Å². The van der Waals surface area contributed by atoms with Crippen LogP contribution in [0.25, 0.3) is 0 Å². The highest BCUT2D eigenvalue weighted by molar-refractivity contribution is 4.85. The minimum absolute atomic E-state index is 2.94. The highest BCUT2D eigenvalue weighted by Crippen LogP contribution is 2.45. The fraction of sp³-hybridized carbons (Fsp3) is 1.00. The molecule has 0 saturated carbocycles. The number of rotatable bonds is 2. The van der Waals surface area contributed by atoms with Crippen LogP contribution in [-0.2, 0) is 9.47 Å². The zero-order chi connectivity index (χ0) is 11.1. The van der Waals surface area contributed by atoms with Gasteiger partial charge in [-0.3, -0.25) is 9.47 Å². The summed E-state index contributed by atoms with van der Waals surface area (Å²) in [7, 11) is 0. The second-order valence-corrected chi connectivity index (χ2v) is 2.42. The Bertz CT molecular complexity index is 210. The lowest BCUT2D eigenvalue weighted by molar-refractivity contribution is -0.342. The maximum Gasteiger partial charge on any atom is 0.414 e. The Morgan fingerprint density at radius 3 is 1.57 bits per heavy atom. The summed E-state index contributed by atoms with van der Waals surface area (Å²) in [5.74, 6) is -4.19. The molecule has 0 aromatic carbocycles. The maximum absolute atomic E-state index is 12.2. The molecule has 0 radical (unpaired) electrons. The molecule has 9 heteroatoms. The Kier molecular flexibility index (Phi) is 2.65. The second kappa shape index (κ2) is 3.23. The van der Waals surface area contributed by atoms with Crippen molar-refractivity contribution in [1.82, 2.24) is 0 Å². The molecule has 1 atom stereocenters. The Balaban J connectivity index is 2.95. The minimum atomic E-state index is -4.80. The number of hydrogen-bond donors (Lipinski definition) is 0. The molecule has 1 heterocycles. The standard InChI is InChI=1S/C5H3F7O2/c6-1(7)4(2(8)9)13-3(10)5(11,12)14-4/h1-3H. The van der Waals surface area contributed by atoms with E-state index in [0.717, 1.165) is 0 Å². The average Bonchev–Trinajstić information content (AvgIpc) is 2.24. The van der Waals surface area contributed by atoms with Crippen LogP contribution in [0.5, 0.6) is 0 Å². The molecule has 1 aliphatic rings. The summed E-state index contributed by atoms with van der Waals surface area (Å²) in [5, 5.41) is 0. The van der Waals surface area contributed by atoms with Gasteiger partial charge in [0.2, 0.25) is 0 Å². The Morgan fingerprint density at radius 1 is 1.00 bits per heavy atom. The zero-order valence-corrected chi connectivity index (χ0v) is 6.19. The fourth-order valence-electron chi connectivity index (χ4n) is 0.801. The van der Waals surface area contributed by atoms with Gasteiger partial charge in [0, 0.05) is 0 Å². The lowest BCUT2D eigenvalue weighted by atomic mass is 10.3. The molecule has 0 spiro atoms. The Hall–Kier alpha value is -0.570. The smallest absolute Gasteiger partial charge is 0.298 e. The molecule has 0 bridgehead atoms. The summed E-state index contributed by atoms with van der Waals surface area (Å²) in [4.78, 5) is 0. The third kappa shape index (κ3) is 1.54. The number of alkyl halides is 7. The summed E-state index contributed by atoms with van der Waals surface area (Å²) in [6.07, 6.45) is -16.6. The van der Waals surface area contributed by atoms with E-state index < -0.39 is 31.1 Å². The molecule has 1 rings (SSSR count). The first-order valence-corrected chi connectivity index (χ1v) is 3.18. The molecule has 1 unspecified atom stereocenters. The van der Waals surface area contributed by atoms with E-state index in [1.807, 2.05) is 0 Å². The van der Waals surface area contributed by atoms with Crippen molar-refractivity contribution in [3.05, 3.63) is 0 Å². The van der Waals surface area contributed by atoms with Gasteiger partial charge >= 0.3 is 11.9 Å². The van der Waals surface area contributed by atoms with Crippen molar-refractivity contribution < 1.29 is 40.2 Å². The molecule has 14 heavy (non-hydrogen) atoms. The van der Waals surface area contributed by atoms with Crippen LogP contribution in [0.1, 0.15) is 0 Å². The van der Waals surface area contributed by atoms with Gasteiger partial charge in [0.05, 0.1) is 0 Å². The highest BCUT2D eigenvalue weighted by atomic mass is 19.3. The highest BCUT2D eigenvalue weighted by Gasteiger charge is 2.69. The normalized spacial score (nSPS) is 30.2. The van der Waals surface area contributed by atoms with Crippen molar-refractivity contribution >= 4 is 0 Å². The first-order valence-electron chi connectivity index (χ1n) is 3.18. The van der Waals surface area contributed by atoms with Crippen LogP contribution < -0.4 is 0 Å². The van der Waals surface area contributed by atoms with Crippen LogP contribution in [0, 0.1) is 0 Å². The molecule has 0 amide bonds. The quantitative estimate of drug-likeness (QED) is 0.674. The summed E-state index contributed by atoms with van der Waals surface area (Å²) in [6, 6.07) is 0. The summed E-state index contributed by atoms with van der Waals surface area (Å²) in [6.45, 7) is 0. The average molecular weight is 228 g/mol. The van der Waals surface area contributed by atoms with Gasteiger partial charge < -0.3 is 0 Å². The lowest BCUT2D eigenvalue weighted by Gasteiger charge is -2.24. The molecular formula is C5H3F7O2. The maximum atomic E-state index is 12.2. The minimum Gasteiger partial charge on any atom is -0.298 e. The van der Waals surface area contributed by atoms with Gasteiger partial charge in [-0.25, -0.2) is 22.0 Å². The largest absolute Gasteiger partial charge is 0.414 e. The first-order chi connectivity index (χ1) is 6.22. The van der Waals surface area contributed by atoms with Crippen molar-refractivity contribution in [1.29, 1.82) is 0 Å². The lowest BCUT2D eigenvalue weighted by Crippen LogP contribution is -2.47. The molecule has 0 aromatic heterocycles. The zero-order valence-electron chi connectivity index (χ0n) is 6.19. The predicted molar refractivity (Wildman–Crippen MR) is 26.8 cm³/mol. The van der Waals surface area contributed by atoms with E-state index in [-0.39, 0.29) is 0 Å². The SMILES string of the molecule is FC1OC(C(F)F)(C(F)F)OC1(F)F. The fourth-order valence-corrected chi connectivity index (χ4v) is 0.801. The molecule has 0 aromatic rings. The number of ether oxygens (including phenoxy) is 2. The molecule has 1 aliphatic heterocycles. The Morgan fingerprint density at radius 2 is 1.43 bits per heavy atom. The van der Waals surface area contributed by atoms with Gasteiger partial charge in [0.1, 0.15) is 0 Å². The van der Waals surface area contributed by atoms with Crippen LogP contribution >= 0.6 is 0 Å². The van der Waals surface area contributed by atoms with Crippen LogP contribution in [0.3, 0.4) is 0 Å². The van der Waals surface area contributed by atoms with E-state index in [1.54, 1.807) is 0 Å². The monoisotopic (exact) mass is 228 g/mol. The van der Waals surface area contributed by atoms with Crippen LogP contribution in [-0.4, -0.2) is 31.1 Å². The van der Waals surface area contributed by atoms with E-state index >= 15 is 0 Å². The van der Waals surface area contributed by atoms with Gasteiger partial charge in [-0.15, -0.1) is 0 Å². The first kappa shape index (κ1) is 11.5.